The van der Waals surface area contributed by atoms with E-state index < -0.39 is 27.0 Å². The maximum absolute atomic E-state index is 13.1. The molecule has 5 rings (SSSR count). The van der Waals surface area contributed by atoms with Gasteiger partial charge >= 0.3 is 5.97 Å². The summed E-state index contributed by atoms with van der Waals surface area (Å²) in [6.07, 6.45) is 6.46. The number of nitro groups is 2. The van der Waals surface area contributed by atoms with Crippen LogP contribution in [0.5, 0.6) is 0 Å². The molecule has 1 saturated carbocycles. The van der Waals surface area contributed by atoms with Crippen molar-refractivity contribution in [2.24, 2.45) is 5.11 Å². The molecule has 1 aliphatic carbocycles. The van der Waals surface area contributed by atoms with Gasteiger partial charge in [-0.05, 0) is 25.0 Å². The van der Waals surface area contributed by atoms with Gasteiger partial charge < -0.3 is 9.64 Å². The van der Waals surface area contributed by atoms with Crippen LogP contribution in [0, 0.1) is 20.2 Å². The maximum Gasteiger partial charge on any atom is 0.335 e. The van der Waals surface area contributed by atoms with Crippen LogP contribution in [0.15, 0.2) is 65.4 Å². The first-order valence-electron chi connectivity index (χ1n) is 11.7. The third-order valence-corrected chi connectivity index (χ3v) is 7.14. The third-order valence-electron chi connectivity index (χ3n) is 7.14. The largest absolute Gasteiger partial charge is 0.466 e. The molecule has 0 N–H and O–H groups in total. The number of ether oxygens (including phenoxy) is 1. The minimum Gasteiger partial charge on any atom is -0.466 e. The molecule has 2 aromatic rings. The normalized spacial score (nSPS) is 24.9. The molecule has 0 saturated heterocycles. The topological polar surface area (TPSA) is 145 Å². The van der Waals surface area contributed by atoms with E-state index in [9.17, 15) is 25.0 Å². The number of non-ortho nitro benzene ring substituents is 2. The summed E-state index contributed by atoms with van der Waals surface area (Å²) in [6.45, 7) is 0. The zero-order chi connectivity index (χ0) is 25.5. The highest BCUT2D eigenvalue weighted by Crippen LogP contribution is 2.59. The fraction of sp³-hybridized carbons (Fsp3) is 0.375. The summed E-state index contributed by atoms with van der Waals surface area (Å²) in [6, 6.07) is 12.0. The van der Waals surface area contributed by atoms with Crippen LogP contribution in [0.4, 0.5) is 22.7 Å². The number of carbonyl (C=O) groups is 1. The van der Waals surface area contributed by atoms with E-state index in [0.717, 1.165) is 25.7 Å². The minimum atomic E-state index is -1.05. The standard InChI is InChI=1S/C24H24N6O6/c1-36-22(31)21-16-27(17-6-10-19(11-7-17)29(32)33)24-15-5-3-2-4-14-23(21,24)25-28(26-24)18-8-12-20(13-9-18)30(34)35/h6-13,16H,2-5,14-15H2,1H3/t23-,24+/m0/s1. The smallest absolute Gasteiger partial charge is 0.335 e. The Hall–Kier alpha value is -4.35. The number of nitro benzene ring substituents is 2. The Morgan fingerprint density at radius 3 is 2.14 bits per heavy atom. The second-order valence-corrected chi connectivity index (χ2v) is 9.03. The zero-order valence-electron chi connectivity index (χ0n) is 19.6. The molecule has 0 spiro atoms. The number of azo groups is 1. The monoisotopic (exact) mass is 492 g/mol. The molecular formula is C24H24N6O6. The molecule has 36 heavy (non-hydrogen) atoms. The molecule has 186 valence electrons. The Balaban J connectivity index is 1.67. The molecule has 2 heterocycles. The molecule has 0 aromatic heterocycles. The van der Waals surface area contributed by atoms with Gasteiger partial charge in [0.15, 0.2) is 0 Å². The van der Waals surface area contributed by atoms with Crippen molar-refractivity contribution in [2.45, 2.75) is 49.7 Å². The van der Waals surface area contributed by atoms with E-state index in [-0.39, 0.29) is 11.4 Å². The zero-order valence-corrected chi connectivity index (χ0v) is 19.6. The Labute approximate surface area is 206 Å². The van der Waals surface area contributed by atoms with Crippen LogP contribution in [-0.2, 0) is 9.53 Å². The fourth-order valence-electron chi connectivity index (χ4n) is 5.41. The number of hydrogen-bond acceptors (Lipinski definition) is 8. The lowest BCUT2D eigenvalue weighted by Gasteiger charge is -2.47. The van der Waals surface area contributed by atoms with E-state index in [4.69, 9.17) is 15.3 Å². The summed E-state index contributed by atoms with van der Waals surface area (Å²) in [7, 11) is 1.32. The van der Waals surface area contributed by atoms with Crippen LogP contribution in [0.2, 0.25) is 0 Å². The van der Waals surface area contributed by atoms with Gasteiger partial charge in [-0.2, -0.15) is 10.5 Å². The molecule has 0 unspecified atom stereocenters. The first-order chi connectivity index (χ1) is 17.3. The minimum absolute atomic E-state index is 0.0443. The van der Waals surface area contributed by atoms with Crippen molar-refractivity contribution in [3.63, 3.8) is 0 Å². The quantitative estimate of drug-likeness (QED) is 0.239. The average molecular weight is 492 g/mol. The molecule has 3 aliphatic rings. The lowest BCUT2D eigenvalue weighted by atomic mass is 9.73. The van der Waals surface area contributed by atoms with Crippen molar-refractivity contribution >= 4 is 28.7 Å². The summed E-state index contributed by atoms with van der Waals surface area (Å²) >= 11 is 0. The summed E-state index contributed by atoms with van der Waals surface area (Å²) in [5.41, 5.74) is 4.42. The molecular weight excluding hydrogens is 468 g/mol. The van der Waals surface area contributed by atoms with E-state index in [1.165, 1.54) is 36.2 Å². The second kappa shape index (κ2) is 8.70. The van der Waals surface area contributed by atoms with Gasteiger partial charge in [-0.15, -0.1) is 4.81 Å². The number of esters is 1. The second-order valence-electron chi connectivity index (χ2n) is 9.03. The lowest BCUT2D eigenvalue weighted by Crippen LogP contribution is -2.57. The van der Waals surface area contributed by atoms with Crippen molar-refractivity contribution < 1.29 is 24.2 Å². The molecule has 12 nitrogen and oxygen atoms in total. The van der Waals surface area contributed by atoms with Crippen LogP contribution in [0.25, 0.3) is 5.43 Å². The van der Waals surface area contributed by atoms with E-state index in [1.54, 1.807) is 30.5 Å². The summed E-state index contributed by atoms with van der Waals surface area (Å²) in [5, 5.41) is 27.3. The Bertz CT molecular complexity index is 1290. The maximum atomic E-state index is 13.1. The van der Waals surface area contributed by atoms with Crippen LogP contribution >= 0.6 is 0 Å². The number of benzene rings is 2. The molecule has 12 heteroatoms. The number of nitrogens with zero attached hydrogens (tertiary/aromatic N) is 6. The molecule has 1 fully saturated rings. The highest BCUT2D eigenvalue weighted by molar-refractivity contribution is 5.94. The molecule has 2 aromatic carbocycles. The molecule has 2 aliphatic heterocycles. The summed E-state index contributed by atoms with van der Waals surface area (Å²) in [5.74, 6) is -0.520. The predicted octanol–water partition coefficient (Wildman–Crippen LogP) is 5.27. The highest BCUT2D eigenvalue weighted by Gasteiger charge is 2.64. The van der Waals surface area contributed by atoms with E-state index in [0.29, 0.717) is 29.8 Å². The van der Waals surface area contributed by atoms with Crippen LogP contribution < -0.4 is 4.90 Å². The third kappa shape index (κ3) is 3.48. The van der Waals surface area contributed by atoms with Gasteiger partial charge in [0.2, 0.25) is 5.69 Å². The van der Waals surface area contributed by atoms with E-state index in [1.807, 2.05) is 4.90 Å². The SMILES string of the molecule is COC(=O)C1=CN(c2ccc([N+](=O)[O-])cc2)[C@]23CCCCCC[C@]12N=[N+](c1ccc([N+](=O)[O-])cc1)[N-]3. The number of anilines is 1. The van der Waals surface area contributed by atoms with Crippen LogP contribution in [0.1, 0.15) is 38.5 Å². The Kier molecular flexibility index (Phi) is 5.65. The molecule has 0 radical (unpaired) electrons. The van der Waals surface area contributed by atoms with Crippen molar-refractivity contribution in [2.75, 3.05) is 12.0 Å². The van der Waals surface area contributed by atoms with Gasteiger partial charge in [-0.25, -0.2) is 4.79 Å². The number of carbonyl (C=O) groups excluding carboxylic acids is 1. The first-order valence-corrected chi connectivity index (χ1v) is 11.7. The van der Waals surface area contributed by atoms with E-state index >= 15 is 0 Å². The molecule has 0 amide bonds. The van der Waals surface area contributed by atoms with Crippen LogP contribution in [-0.4, -0.2) is 38.9 Å². The Morgan fingerprint density at radius 2 is 1.56 bits per heavy atom. The fourth-order valence-corrected chi connectivity index (χ4v) is 5.41. The highest BCUT2D eigenvalue weighted by atomic mass is 16.6. The van der Waals surface area contributed by atoms with Gasteiger partial charge in [-0.1, -0.05) is 25.7 Å². The number of hydrogen-bond donors (Lipinski definition) is 0. The van der Waals surface area contributed by atoms with Crippen molar-refractivity contribution in [1.82, 2.24) is 0 Å². The summed E-state index contributed by atoms with van der Waals surface area (Å²) < 4.78 is 5.15. The molecule has 2 atom stereocenters. The summed E-state index contributed by atoms with van der Waals surface area (Å²) in [4.78, 5) is 37.8. The lowest BCUT2D eigenvalue weighted by molar-refractivity contribution is -0.456. The van der Waals surface area contributed by atoms with Gasteiger partial charge in [0.25, 0.3) is 11.4 Å². The van der Waals surface area contributed by atoms with Crippen molar-refractivity contribution in [1.29, 1.82) is 0 Å². The Morgan fingerprint density at radius 1 is 0.972 bits per heavy atom. The predicted molar refractivity (Wildman–Crippen MR) is 128 cm³/mol. The van der Waals surface area contributed by atoms with E-state index in [2.05, 4.69) is 0 Å². The van der Waals surface area contributed by atoms with Gasteiger partial charge in [-0.3, -0.25) is 20.2 Å². The number of rotatable bonds is 5. The number of methoxy groups -OCH3 is 1. The average Bonchev–Trinajstić information content (AvgIpc) is 3.31. The first kappa shape index (κ1) is 23.4. The van der Waals surface area contributed by atoms with Gasteiger partial charge in [0, 0.05) is 48.3 Å². The van der Waals surface area contributed by atoms with Crippen molar-refractivity contribution in [3.05, 3.63) is 86.0 Å². The van der Waals surface area contributed by atoms with Gasteiger partial charge in [0.1, 0.15) is 5.66 Å². The van der Waals surface area contributed by atoms with Crippen molar-refractivity contribution in [3.8, 4) is 0 Å². The molecule has 0 bridgehead atoms. The van der Waals surface area contributed by atoms with Gasteiger partial charge in [0.05, 0.1) is 28.1 Å². The van der Waals surface area contributed by atoms with Crippen LogP contribution in [0.3, 0.4) is 0 Å².